The molecule has 1 aliphatic rings. The predicted molar refractivity (Wildman–Crippen MR) is 38.9 cm³/mol. The average molecular weight is 156 g/mol. The normalized spacial score (nSPS) is 37.0. The van der Waals surface area contributed by atoms with Crippen molar-refractivity contribution in [2.45, 2.75) is 20.8 Å². The fourth-order valence-electron chi connectivity index (χ4n) is 1.21. The number of esters is 1. The topological polar surface area (TPSA) is 43.4 Å². The molecule has 0 bridgehead atoms. The summed E-state index contributed by atoms with van der Waals surface area (Å²) in [4.78, 5) is 22.2. The fraction of sp³-hybridized carbons (Fsp3) is 0.750. The van der Waals surface area contributed by atoms with Gasteiger partial charge >= 0.3 is 5.97 Å². The molecule has 1 aliphatic heterocycles. The minimum absolute atomic E-state index is 0.00694. The van der Waals surface area contributed by atoms with E-state index in [2.05, 4.69) is 0 Å². The van der Waals surface area contributed by atoms with E-state index in [1.54, 1.807) is 6.92 Å². The molecule has 0 aromatic heterocycles. The smallest absolute Gasteiger partial charge is 0.319 e. The fourth-order valence-corrected chi connectivity index (χ4v) is 1.21. The Bertz CT molecular complexity index is 209. The molecule has 11 heavy (non-hydrogen) atoms. The van der Waals surface area contributed by atoms with Gasteiger partial charge in [0.05, 0.1) is 6.61 Å². The number of cyclic esters (lactones) is 1. The largest absolute Gasteiger partial charge is 0.465 e. The Kier molecular flexibility index (Phi) is 1.74. The third kappa shape index (κ3) is 0.951. The summed E-state index contributed by atoms with van der Waals surface area (Å²) in [6.07, 6.45) is 0. The molecule has 1 saturated heterocycles. The number of hydrogen-bond donors (Lipinski definition) is 0. The van der Waals surface area contributed by atoms with Crippen molar-refractivity contribution < 1.29 is 14.3 Å². The summed E-state index contributed by atoms with van der Waals surface area (Å²) < 4.78 is 4.78. The predicted octanol–water partition coefficient (Wildman–Crippen LogP) is 0.775. The molecule has 2 atom stereocenters. The minimum Gasteiger partial charge on any atom is -0.465 e. The van der Waals surface area contributed by atoms with E-state index in [4.69, 9.17) is 4.74 Å². The average Bonchev–Trinajstić information content (AvgIpc) is 2.18. The van der Waals surface area contributed by atoms with Crippen LogP contribution in [-0.2, 0) is 14.3 Å². The standard InChI is InChI=1S/C8H12O3/c1-5-4-11-7(10)8(5,3)6(2)9/h5H,4H2,1-3H3/t5-,8+/m1/s1. The summed E-state index contributed by atoms with van der Waals surface area (Å²) in [6.45, 7) is 5.31. The number of carbonyl (C=O) groups excluding carboxylic acids is 2. The van der Waals surface area contributed by atoms with Gasteiger partial charge in [-0.25, -0.2) is 0 Å². The van der Waals surface area contributed by atoms with Gasteiger partial charge in [0.1, 0.15) is 11.2 Å². The van der Waals surface area contributed by atoms with Crippen molar-refractivity contribution in [3.63, 3.8) is 0 Å². The molecule has 1 heterocycles. The van der Waals surface area contributed by atoms with E-state index >= 15 is 0 Å². The van der Waals surface area contributed by atoms with E-state index in [0.29, 0.717) is 6.61 Å². The van der Waals surface area contributed by atoms with Crippen LogP contribution in [0.1, 0.15) is 20.8 Å². The summed E-state index contributed by atoms with van der Waals surface area (Å²) in [5.41, 5.74) is -0.889. The van der Waals surface area contributed by atoms with Crippen LogP contribution in [0.5, 0.6) is 0 Å². The Morgan fingerprint density at radius 2 is 2.27 bits per heavy atom. The van der Waals surface area contributed by atoms with Gasteiger partial charge in [0, 0.05) is 5.92 Å². The highest BCUT2D eigenvalue weighted by Crippen LogP contribution is 2.35. The molecule has 0 aromatic rings. The van der Waals surface area contributed by atoms with Crippen LogP contribution in [0.15, 0.2) is 0 Å². The zero-order valence-electron chi connectivity index (χ0n) is 7.01. The van der Waals surface area contributed by atoms with Gasteiger partial charge < -0.3 is 4.74 Å². The lowest BCUT2D eigenvalue weighted by Crippen LogP contribution is -2.35. The molecule has 62 valence electrons. The van der Waals surface area contributed by atoms with Crippen LogP contribution in [0.25, 0.3) is 0 Å². The summed E-state index contributed by atoms with van der Waals surface area (Å²) in [5, 5.41) is 0. The second kappa shape index (κ2) is 2.32. The Morgan fingerprint density at radius 3 is 2.45 bits per heavy atom. The van der Waals surface area contributed by atoms with Crippen LogP contribution in [0, 0.1) is 11.3 Å². The maximum atomic E-state index is 11.1. The van der Waals surface area contributed by atoms with E-state index in [9.17, 15) is 9.59 Å². The molecule has 0 aromatic carbocycles. The van der Waals surface area contributed by atoms with Crippen molar-refractivity contribution in [1.29, 1.82) is 0 Å². The number of rotatable bonds is 1. The molecule has 0 amide bonds. The SMILES string of the molecule is CC(=O)[C@@]1(C)C(=O)OC[C@H]1C. The highest BCUT2D eigenvalue weighted by molar-refractivity contribution is 6.03. The highest BCUT2D eigenvalue weighted by Gasteiger charge is 2.49. The lowest BCUT2D eigenvalue weighted by molar-refractivity contribution is -0.150. The van der Waals surface area contributed by atoms with Crippen molar-refractivity contribution >= 4 is 11.8 Å². The van der Waals surface area contributed by atoms with Crippen molar-refractivity contribution in [2.24, 2.45) is 11.3 Å². The number of ether oxygens (including phenoxy) is 1. The third-order valence-corrected chi connectivity index (χ3v) is 2.61. The Labute approximate surface area is 65.7 Å². The molecule has 0 spiro atoms. The molecule has 1 rings (SSSR count). The molecule has 3 heteroatoms. The van der Waals surface area contributed by atoms with Gasteiger partial charge in [-0.1, -0.05) is 6.92 Å². The molecule has 0 aliphatic carbocycles. The van der Waals surface area contributed by atoms with Crippen LogP contribution >= 0.6 is 0 Å². The number of ketones is 1. The number of carbonyl (C=O) groups is 2. The summed E-state index contributed by atoms with van der Waals surface area (Å²) in [7, 11) is 0. The van der Waals surface area contributed by atoms with Gasteiger partial charge in [0.15, 0.2) is 0 Å². The first-order valence-corrected chi connectivity index (χ1v) is 3.68. The van der Waals surface area contributed by atoms with Gasteiger partial charge in [-0.3, -0.25) is 9.59 Å². The highest BCUT2D eigenvalue weighted by atomic mass is 16.5. The van der Waals surface area contributed by atoms with Crippen molar-refractivity contribution in [2.75, 3.05) is 6.61 Å². The van der Waals surface area contributed by atoms with Gasteiger partial charge in [0.25, 0.3) is 0 Å². The van der Waals surface area contributed by atoms with Crippen LogP contribution in [-0.4, -0.2) is 18.4 Å². The van der Waals surface area contributed by atoms with Crippen LogP contribution < -0.4 is 0 Å². The molecule has 1 fully saturated rings. The zero-order chi connectivity index (χ0) is 8.65. The van der Waals surface area contributed by atoms with E-state index in [-0.39, 0.29) is 17.7 Å². The monoisotopic (exact) mass is 156 g/mol. The minimum atomic E-state index is -0.889. The summed E-state index contributed by atoms with van der Waals surface area (Å²) in [6, 6.07) is 0. The number of Topliss-reactive ketones (excluding diaryl/α,β-unsaturated/α-hetero) is 1. The number of hydrogen-bond acceptors (Lipinski definition) is 3. The van der Waals surface area contributed by atoms with E-state index in [1.165, 1.54) is 6.92 Å². The zero-order valence-corrected chi connectivity index (χ0v) is 7.01. The lowest BCUT2D eigenvalue weighted by Gasteiger charge is -2.19. The molecule has 0 N–H and O–H groups in total. The van der Waals surface area contributed by atoms with Gasteiger partial charge in [-0.15, -0.1) is 0 Å². The Morgan fingerprint density at radius 1 is 1.73 bits per heavy atom. The molecule has 3 nitrogen and oxygen atoms in total. The van der Waals surface area contributed by atoms with Gasteiger partial charge in [-0.2, -0.15) is 0 Å². The van der Waals surface area contributed by atoms with Crippen molar-refractivity contribution in [1.82, 2.24) is 0 Å². The molecule has 0 unspecified atom stereocenters. The lowest BCUT2D eigenvalue weighted by atomic mass is 9.77. The van der Waals surface area contributed by atoms with E-state index in [0.717, 1.165) is 0 Å². The Hall–Kier alpha value is -0.860. The molecular formula is C8H12O3. The summed E-state index contributed by atoms with van der Waals surface area (Å²) >= 11 is 0. The maximum absolute atomic E-state index is 11.1. The van der Waals surface area contributed by atoms with E-state index < -0.39 is 5.41 Å². The van der Waals surface area contributed by atoms with Crippen LogP contribution in [0.3, 0.4) is 0 Å². The van der Waals surface area contributed by atoms with Crippen LogP contribution in [0.2, 0.25) is 0 Å². The quantitative estimate of drug-likeness (QED) is 0.416. The van der Waals surface area contributed by atoms with Crippen molar-refractivity contribution in [3.05, 3.63) is 0 Å². The second-order valence-electron chi connectivity index (χ2n) is 3.26. The first-order valence-electron chi connectivity index (χ1n) is 3.68. The molecule has 0 saturated carbocycles. The summed E-state index contributed by atoms with van der Waals surface area (Å²) in [5.74, 6) is -0.475. The first kappa shape index (κ1) is 8.24. The van der Waals surface area contributed by atoms with Crippen molar-refractivity contribution in [3.8, 4) is 0 Å². The Balaban J connectivity index is 2.98. The maximum Gasteiger partial charge on any atom is 0.319 e. The van der Waals surface area contributed by atoms with Gasteiger partial charge in [-0.05, 0) is 13.8 Å². The molecule has 0 radical (unpaired) electrons. The second-order valence-corrected chi connectivity index (χ2v) is 3.26. The van der Waals surface area contributed by atoms with Crippen LogP contribution in [0.4, 0.5) is 0 Å². The van der Waals surface area contributed by atoms with Gasteiger partial charge in [0.2, 0.25) is 0 Å². The third-order valence-electron chi connectivity index (χ3n) is 2.61. The van der Waals surface area contributed by atoms with E-state index in [1.807, 2.05) is 6.92 Å². The first-order chi connectivity index (χ1) is 4.99. The molecular weight excluding hydrogens is 144 g/mol.